The van der Waals surface area contributed by atoms with E-state index < -0.39 is 61.0 Å². The van der Waals surface area contributed by atoms with Crippen molar-refractivity contribution in [3.05, 3.63) is 76.3 Å². The topological polar surface area (TPSA) is 147 Å². The van der Waals surface area contributed by atoms with Crippen LogP contribution in [0, 0.1) is 0 Å². The number of nitrogens with one attached hydrogen (secondary N) is 2. The number of carbonyl (C=O) groups excluding carboxylic acids is 2. The van der Waals surface area contributed by atoms with E-state index in [0.29, 0.717) is 10.8 Å². The number of carbonyl (C=O) groups is 2. The molecule has 3 heterocycles. The van der Waals surface area contributed by atoms with Gasteiger partial charge >= 0.3 is 12.3 Å². The Balaban J connectivity index is 1.68. The molecule has 18 heteroatoms. The minimum atomic E-state index is -5.32. The number of rotatable bonds is 10. The number of anilines is 1. The van der Waals surface area contributed by atoms with Crippen LogP contribution in [0.4, 0.5) is 18.9 Å². The minimum Gasteiger partial charge on any atom is -0.497 e. The number of likely N-dealkylation sites (tertiary alicyclic amines) is 1. The maximum atomic E-state index is 15.8. The van der Waals surface area contributed by atoms with Crippen LogP contribution in [-0.2, 0) is 31.7 Å². The Morgan fingerprint density at radius 1 is 1.06 bits per heavy atom. The summed E-state index contributed by atoms with van der Waals surface area (Å²) in [5, 5.41) is 17.3. The van der Waals surface area contributed by atoms with E-state index in [2.05, 4.69) is 20.3 Å². The number of quaternary nitrogens is 1. The lowest BCUT2D eigenvalue weighted by Crippen LogP contribution is -2.69. The van der Waals surface area contributed by atoms with Gasteiger partial charge in [0.2, 0.25) is 5.54 Å². The summed E-state index contributed by atoms with van der Waals surface area (Å²) in [7, 11) is 0.280. The van der Waals surface area contributed by atoms with Crippen molar-refractivity contribution < 1.29 is 55.0 Å². The summed E-state index contributed by atoms with van der Waals surface area (Å²) in [6.45, 7) is 3.23. The van der Waals surface area contributed by atoms with Gasteiger partial charge in [0.1, 0.15) is 29.0 Å². The monoisotopic (exact) mass is 782 g/mol. The van der Waals surface area contributed by atoms with Gasteiger partial charge in [-0.15, -0.1) is 13.2 Å². The smallest absolute Gasteiger partial charge is 0.497 e. The number of halogens is 4. The Morgan fingerprint density at radius 3 is 2.42 bits per heavy atom. The van der Waals surface area contributed by atoms with Crippen LogP contribution < -0.4 is 29.1 Å². The summed E-state index contributed by atoms with van der Waals surface area (Å²) >= 11 is 6.62. The zero-order valence-electron chi connectivity index (χ0n) is 29.4. The van der Waals surface area contributed by atoms with Gasteiger partial charge in [-0.3, -0.25) is 19.0 Å². The van der Waals surface area contributed by atoms with Gasteiger partial charge in [-0.05, 0) is 48.0 Å². The Hall–Kier alpha value is -4.13. The normalized spacial score (nSPS) is 24.9. The quantitative estimate of drug-likeness (QED) is 0.263. The number of amides is 2. The van der Waals surface area contributed by atoms with Crippen molar-refractivity contribution in [1.29, 1.82) is 0 Å². The van der Waals surface area contributed by atoms with Gasteiger partial charge in [0.05, 0.1) is 38.1 Å². The first-order valence-electron chi connectivity index (χ1n) is 16.7. The molecule has 2 saturated heterocycles. The number of likely N-dealkylation sites (N-methyl/N-ethyl adjacent to an activating group) is 2. The molecule has 0 aliphatic carbocycles. The molecule has 53 heavy (non-hydrogen) atoms. The standard InChI is InChI=1S/C35H39ClF3N5O8S/c1-40-32(46)28-17-23(45)20-44(28,2)34(26-15-21(5-9-29(26)51-4)19-42-13-11-41-12-14-42)25-16-22(36)6-8-27(25)43(33(34)47)53(48,49)31-10-7-24(50-3)18-30(31)52-35(37,38)39/h5-10,15-16,18,23,28,41,45H,11-14,17,19-20H2,1-4H3/p+1/t23-,28+,34?,44?/m1/s1. The molecule has 0 saturated carbocycles. The minimum absolute atomic E-state index is 0.0356. The summed E-state index contributed by atoms with van der Waals surface area (Å²) in [6.07, 6.45) is -6.54. The van der Waals surface area contributed by atoms with Crippen LogP contribution in [0.2, 0.25) is 5.02 Å². The van der Waals surface area contributed by atoms with Gasteiger partial charge in [0.15, 0.2) is 11.8 Å². The molecule has 3 aliphatic heterocycles. The van der Waals surface area contributed by atoms with Crippen molar-refractivity contribution >= 4 is 39.1 Å². The average molecular weight is 783 g/mol. The Bertz CT molecular complexity index is 2030. The SMILES string of the molecule is CNC(=O)[C@@H]1C[C@@H](O)C[N+]1(C)C1(c2cc(CN3CCNCC3)ccc2OC)C(=O)N(S(=O)(=O)c2ccc(OC)cc2OC(F)(F)F)c2ccc(Cl)cc21. The highest BCUT2D eigenvalue weighted by molar-refractivity contribution is 7.93. The highest BCUT2D eigenvalue weighted by Crippen LogP contribution is 2.58. The van der Waals surface area contributed by atoms with E-state index in [-0.39, 0.29) is 46.3 Å². The second-order valence-electron chi connectivity index (χ2n) is 13.3. The predicted molar refractivity (Wildman–Crippen MR) is 187 cm³/mol. The molecule has 3 N–H and O–H groups in total. The molecule has 286 valence electrons. The second-order valence-corrected chi connectivity index (χ2v) is 15.5. The van der Waals surface area contributed by atoms with E-state index in [1.165, 1.54) is 39.5 Å². The van der Waals surface area contributed by atoms with E-state index >= 15 is 4.79 Å². The molecule has 6 rings (SSSR count). The molecule has 2 fully saturated rings. The fourth-order valence-corrected chi connectivity index (χ4v) is 9.77. The number of hydrogen-bond acceptors (Lipinski definition) is 10. The van der Waals surface area contributed by atoms with Gasteiger partial charge < -0.3 is 30.0 Å². The average Bonchev–Trinajstić information content (AvgIpc) is 3.57. The lowest BCUT2D eigenvalue weighted by atomic mass is 9.78. The number of methoxy groups -OCH3 is 2. The summed E-state index contributed by atoms with van der Waals surface area (Å²) in [6, 6.07) is 10.8. The van der Waals surface area contributed by atoms with Gasteiger partial charge in [0.25, 0.3) is 15.9 Å². The number of fused-ring (bicyclic) bond motifs is 1. The summed E-state index contributed by atoms with van der Waals surface area (Å²) in [5.74, 6) is -2.77. The van der Waals surface area contributed by atoms with Crippen LogP contribution in [0.1, 0.15) is 23.1 Å². The van der Waals surface area contributed by atoms with Crippen LogP contribution in [0.5, 0.6) is 17.2 Å². The zero-order chi connectivity index (χ0) is 38.5. The lowest BCUT2D eigenvalue weighted by molar-refractivity contribution is -0.953. The fourth-order valence-electron chi connectivity index (χ4n) is 8.04. The van der Waals surface area contributed by atoms with Crippen molar-refractivity contribution in [3.8, 4) is 17.2 Å². The molecule has 0 spiro atoms. The molecule has 3 aromatic rings. The molecule has 3 aromatic carbocycles. The number of nitrogens with zero attached hydrogens (tertiary/aromatic N) is 3. The van der Waals surface area contributed by atoms with E-state index in [1.807, 2.05) is 6.07 Å². The largest absolute Gasteiger partial charge is 0.573 e. The van der Waals surface area contributed by atoms with Crippen molar-refractivity contribution in [2.75, 3.05) is 65.3 Å². The third-order valence-corrected chi connectivity index (χ3v) is 12.3. The van der Waals surface area contributed by atoms with E-state index in [0.717, 1.165) is 49.9 Å². The van der Waals surface area contributed by atoms with Gasteiger partial charge in [-0.1, -0.05) is 17.7 Å². The molecule has 0 bridgehead atoms. The van der Waals surface area contributed by atoms with E-state index in [1.54, 1.807) is 19.2 Å². The first-order chi connectivity index (χ1) is 25.0. The van der Waals surface area contributed by atoms with Gasteiger partial charge in [-0.2, -0.15) is 4.31 Å². The van der Waals surface area contributed by atoms with Crippen LogP contribution in [-0.4, -0.2) is 114 Å². The number of sulfonamides is 1. The summed E-state index contributed by atoms with van der Waals surface area (Å²) in [4.78, 5) is 30.7. The predicted octanol–water partition coefficient (Wildman–Crippen LogP) is 2.97. The molecule has 3 aliphatic rings. The first kappa shape index (κ1) is 38.6. The Kier molecular flexibility index (Phi) is 10.4. The first-order valence-corrected chi connectivity index (χ1v) is 18.5. The Morgan fingerprint density at radius 2 is 1.77 bits per heavy atom. The molecular weight excluding hydrogens is 743 g/mol. The molecule has 2 unspecified atom stereocenters. The van der Waals surface area contributed by atoms with Gasteiger partial charge in [-0.25, -0.2) is 8.42 Å². The highest BCUT2D eigenvalue weighted by Gasteiger charge is 2.72. The summed E-state index contributed by atoms with van der Waals surface area (Å²) in [5.41, 5.74) is -1.46. The maximum absolute atomic E-state index is 15.8. The molecule has 4 atom stereocenters. The number of benzene rings is 3. The maximum Gasteiger partial charge on any atom is 0.573 e. The number of piperazine rings is 1. The summed E-state index contributed by atoms with van der Waals surface area (Å²) < 4.78 is 85.8. The van der Waals surface area contributed by atoms with Crippen LogP contribution in [0.25, 0.3) is 0 Å². The molecule has 2 amide bonds. The van der Waals surface area contributed by atoms with Crippen molar-refractivity contribution in [2.45, 2.75) is 41.9 Å². The molecule has 0 radical (unpaired) electrons. The Labute approximate surface area is 309 Å². The molecule has 0 aromatic heterocycles. The van der Waals surface area contributed by atoms with Crippen molar-refractivity contribution in [3.63, 3.8) is 0 Å². The van der Waals surface area contributed by atoms with Crippen LogP contribution >= 0.6 is 11.6 Å². The van der Waals surface area contributed by atoms with Gasteiger partial charge in [0, 0.05) is 57.3 Å². The number of alkyl halides is 3. The van der Waals surface area contributed by atoms with Crippen molar-refractivity contribution in [2.24, 2.45) is 0 Å². The van der Waals surface area contributed by atoms with Crippen molar-refractivity contribution in [1.82, 2.24) is 15.5 Å². The van der Waals surface area contributed by atoms with E-state index in [4.69, 9.17) is 21.1 Å². The number of aliphatic hydroxyl groups is 1. The molecule has 13 nitrogen and oxygen atoms in total. The van der Waals surface area contributed by atoms with Crippen LogP contribution in [0.3, 0.4) is 0 Å². The lowest BCUT2D eigenvalue weighted by Gasteiger charge is -2.48. The van der Waals surface area contributed by atoms with Crippen LogP contribution in [0.15, 0.2) is 59.5 Å². The number of hydrogen-bond donors (Lipinski definition) is 3. The third kappa shape index (κ3) is 6.56. The highest BCUT2D eigenvalue weighted by atomic mass is 35.5. The number of aliphatic hydroxyl groups excluding tert-OH is 1. The second kappa shape index (κ2) is 14.3. The van der Waals surface area contributed by atoms with E-state index in [9.17, 15) is 31.5 Å². The molecular formula is C35H40ClF3N5O8S+. The third-order valence-electron chi connectivity index (χ3n) is 10.3. The number of ether oxygens (including phenoxy) is 3. The fraction of sp³-hybridized carbons (Fsp3) is 0.429. The zero-order valence-corrected chi connectivity index (χ0v) is 30.9.